The molecule has 52 valence electrons. The highest BCUT2D eigenvalue weighted by Crippen LogP contribution is 2.08. The topological polar surface area (TPSA) is 68.3 Å². The maximum atomic E-state index is 6.96. The third-order valence-electron chi connectivity index (χ3n) is 1.23. The summed E-state index contributed by atoms with van der Waals surface area (Å²) >= 11 is 0. The second-order valence-corrected chi connectivity index (χ2v) is 2.00. The van der Waals surface area contributed by atoms with Crippen molar-refractivity contribution in [2.24, 2.45) is 5.73 Å². The van der Waals surface area contributed by atoms with E-state index in [1.54, 1.807) is 0 Å². The third-order valence-corrected chi connectivity index (χ3v) is 1.23. The van der Waals surface area contributed by atoms with E-state index in [1.807, 2.05) is 0 Å². The summed E-state index contributed by atoms with van der Waals surface area (Å²) in [5.41, 5.74) is 5.15. The Morgan fingerprint density at radius 1 is 1.67 bits per heavy atom. The molecule has 0 aromatic heterocycles. The van der Waals surface area contributed by atoms with Crippen molar-refractivity contribution in [3.8, 4) is 0 Å². The zero-order valence-corrected chi connectivity index (χ0v) is 5.09. The highest BCUT2D eigenvalue weighted by atomic mass is 17.2. The minimum atomic E-state index is -0.307. The third kappa shape index (κ3) is 1.65. The first-order valence-corrected chi connectivity index (χ1v) is 2.93. The standard InChI is InChI=1S/C5H10N2O2/c6-5(7)4-2-1-3-8-9-4/h4H,1-3H2,(H3,6,7). The van der Waals surface area contributed by atoms with Crippen LogP contribution in [0.15, 0.2) is 0 Å². The van der Waals surface area contributed by atoms with E-state index in [0.717, 1.165) is 12.8 Å². The molecule has 1 heterocycles. The van der Waals surface area contributed by atoms with E-state index in [0.29, 0.717) is 6.61 Å². The quantitative estimate of drug-likeness (QED) is 0.299. The first kappa shape index (κ1) is 6.51. The molecule has 0 aromatic rings. The fourth-order valence-electron chi connectivity index (χ4n) is 0.713. The van der Waals surface area contributed by atoms with Gasteiger partial charge in [0.15, 0.2) is 0 Å². The van der Waals surface area contributed by atoms with Crippen molar-refractivity contribution in [2.75, 3.05) is 6.61 Å². The number of rotatable bonds is 1. The van der Waals surface area contributed by atoms with E-state index in [-0.39, 0.29) is 11.9 Å². The summed E-state index contributed by atoms with van der Waals surface area (Å²) in [6, 6.07) is 0. The Balaban J connectivity index is 2.31. The fraction of sp³-hybridized carbons (Fsp3) is 0.800. The van der Waals surface area contributed by atoms with Crippen LogP contribution in [0.5, 0.6) is 0 Å². The van der Waals surface area contributed by atoms with Gasteiger partial charge in [-0.2, -0.15) is 0 Å². The highest BCUT2D eigenvalue weighted by Gasteiger charge is 2.17. The molecule has 4 nitrogen and oxygen atoms in total. The van der Waals surface area contributed by atoms with Crippen LogP contribution in [0.25, 0.3) is 0 Å². The minimum Gasteiger partial charge on any atom is -0.385 e. The van der Waals surface area contributed by atoms with Gasteiger partial charge < -0.3 is 5.73 Å². The van der Waals surface area contributed by atoms with E-state index in [9.17, 15) is 0 Å². The van der Waals surface area contributed by atoms with Gasteiger partial charge in [-0.3, -0.25) is 5.41 Å². The summed E-state index contributed by atoms with van der Waals surface area (Å²) in [6.07, 6.45) is 1.42. The monoisotopic (exact) mass is 130 g/mol. The summed E-state index contributed by atoms with van der Waals surface area (Å²) in [7, 11) is 0. The molecule has 4 heteroatoms. The Morgan fingerprint density at radius 3 is 2.78 bits per heavy atom. The molecule has 1 aliphatic rings. The van der Waals surface area contributed by atoms with Gasteiger partial charge in [0.2, 0.25) is 0 Å². The number of hydrogen-bond donors (Lipinski definition) is 2. The van der Waals surface area contributed by atoms with Crippen LogP contribution in [-0.4, -0.2) is 18.5 Å². The van der Waals surface area contributed by atoms with E-state index in [2.05, 4.69) is 9.78 Å². The second kappa shape index (κ2) is 2.80. The summed E-state index contributed by atoms with van der Waals surface area (Å²) in [4.78, 5) is 9.31. The first-order valence-electron chi connectivity index (χ1n) is 2.93. The van der Waals surface area contributed by atoms with Crippen LogP contribution in [0.3, 0.4) is 0 Å². The Hall–Kier alpha value is -0.610. The van der Waals surface area contributed by atoms with E-state index < -0.39 is 0 Å². The molecule has 1 unspecified atom stereocenters. The Kier molecular flexibility index (Phi) is 2.02. The molecule has 0 spiro atoms. The first-order chi connectivity index (χ1) is 4.30. The lowest BCUT2D eigenvalue weighted by Gasteiger charge is -2.19. The lowest BCUT2D eigenvalue weighted by Crippen LogP contribution is -2.33. The van der Waals surface area contributed by atoms with Crippen molar-refractivity contribution in [1.82, 2.24) is 0 Å². The van der Waals surface area contributed by atoms with E-state index >= 15 is 0 Å². The summed E-state index contributed by atoms with van der Waals surface area (Å²) in [5.74, 6) is 0.0506. The van der Waals surface area contributed by atoms with Crippen molar-refractivity contribution in [1.29, 1.82) is 5.41 Å². The van der Waals surface area contributed by atoms with Crippen LogP contribution < -0.4 is 5.73 Å². The predicted molar refractivity (Wildman–Crippen MR) is 32.0 cm³/mol. The smallest absolute Gasteiger partial charge is 0.149 e. The maximum Gasteiger partial charge on any atom is 0.149 e. The van der Waals surface area contributed by atoms with E-state index in [4.69, 9.17) is 11.1 Å². The van der Waals surface area contributed by atoms with Crippen molar-refractivity contribution >= 4 is 5.84 Å². The van der Waals surface area contributed by atoms with Gasteiger partial charge in [0, 0.05) is 0 Å². The van der Waals surface area contributed by atoms with E-state index in [1.165, 1.54) is 0 Å². The lowest BCUT2D eigenvalue weighted by atomic mass is 10.2. The lowest BCUT2D eigenvalue weighted by molar-refractivity contribution is -0.329. The molecule has 1 fully saturated rings. The zero-order chi connectivity index (χ0) is 6.69. The van der Waals surface area contributed by atoms with Crippen LogP contribution in [0, 0.1) is 5.41 Å². The molecule has 0 saturated carbocycles. The minimum absolute atomic E-state index is 0.0506. The number of amidine groups is 1. The Bertz CT molecular complexity index is 110. The molecule has 0 aromatic carbocycles. The average Bonchev–Trinajstić information content (AvgIpc) is 1.90. The molecule has 0 amide bonds. The van der Waals surface area contributed by atoms with Gasteiger partial charge in [-0.25, -0.2) is 9.78 Å². The Labute approximate surface area is 53.4 Å². The van der Waals surface area contributed by atoms with Crippen LogP contribution in [0.4, 0.5) is 0 Å². The van der Waals surface area contributed by atoms with Crippen LogP contribution in [0.1, 0.15) is 12.8 Å². The molecule has 0 aliphatic carbocycles. The van der Waals surface area contributed by atoms with Crippen LogP contribution >= 0.6 is 0 Å². The molecule has 0 radical (unpaired) electrons. The van der Waals surface area contributed by atoms with Crippen molar-refractivity contribution in [3.05, 3.63) is 0 Å². The van der Waals surface area contributed by atoms with Crippen LogP contribution in [0.2, 0.25) is 0 Å². The molecule has 1 saturated heterocycles. The molecule has 3 N–H and O–H groups in total. The van der Waals surface area contributed by atoms with Crippen molar-refractivity contribution in [3.63, 3.8) is 0 Å². The van der Waals surface area contributed by atoms with Crippen LogP contribution in [-0.2, 0) is 9.78 Å². The highest BCUT2D eigenvalue weighted by molar-refractivity contribution is 5.81. The molecule has 1 rings (SSSR count). The van der Waals surface area contributed by atoms with Gasteiger partial charge in [-0.1, -0.05) is 0 Å². The number of hydrogen-bond acceptors (Lipinski definition) is 3. The SMILES string of the molecule is N=C(N)C1CCCOO1. The maximum absolute atomic E-state index is 6.96. The van der Waals surface area contributed by atoms with Gasteiger partial charge >= 0.3 is 0 Å². The van der Waals surface area contributed by atoms with Crippen molar-refractivity contribution in [2.45, 2.75) is 18.9 Å². The van der Waals surface area contributed by atoms with Gasteiger partial charge in [0.05, 0.1) is 6.61 Å². The normalized spacial score (nSPS) is 27.8. The van der Waals surface area contributed by atoms with Gasteiger partial charge in [0.1, 0.15) is 11.9 Å². The number of nitrogens with one attached hydrogen (secondary N) is 1. The molecular weight excluding hydrogens is 120 g/mol. The molecule has 0 bridgehead atoms. The van der Waals surface area contributed by atoms with Crippen molar-refractivity contribution < 1.29 is 9.78 Å². The molecular formula is C5H10N2O2. The second-order valence-electron chi connectivity index (χ2n) is 2.00. The molecule has 1 atom stereocenters. The Morgan fingerprint density at radius 2 is 2.44 bits per heavy atom. The number of nitrogens with two attached hydrogens (primary N) is 1. The largest absolute Gasteiger partial charge is 0.385 e. The summed E-state index contributed by atoms with van der Waals surface area (Å²) in [6.45, 7) is 0.615. The summed E-state index contributed by atoms with van der Waals surface area (Å²) in [5, 5.41) is 6.96. The average molecular weight is 130 g/mol. The predicted octanol–water partition coefficient (Wildman–Crippen LogP) is 0.0330. The van der Waals surface area contributed by atoms with Gasteiger partial charge in [0.25, 0.3) is 0 Å². The fourth-order valence-corrected chi connectivity index (χ4v) is 0.713. The molecule has 9 heavy (non-hydrogen) atoms. The summed E-state index contributed by atoms with van der Waals surface area (Å²) < 4.78 is 0. The van der Waals surface area contributed by atoms with Gasteiger partial charge in [-0.15, -0.1) is 0 Å². The van der Waals surface area contributed by atoms with Gasteiger partial charge in [-0.05, 0) is 12.8 Å². The zero-order valence-electron chi connectivity index (χ0n) is 5.09. The molecule has 1 aliphatic heterocycles.